The molecule has 0 saturated carbocycles. The number of hydrogen-bond donors (Lipinski definition) is 2. The first kappa shape index (κ1) is 13.6. The van der Waals surface area contributed by atoms with Crippen molar-refractivity contribution < 1.29 is 4.79 Å². The SMILES string of the molecule is CC(NC(=O)CCC1CCCNC1)c1ccsc1. The fourth-order valence-corrected chi connectivity index (χ4v) is 3.18. The molecule has 100 valence electrons. The minimum Gasteiger partial charge on any atom is -0.350 e. The molecule has 1 saturated heterocycles. The number of rotatable bonds is 5. The molecule has 1 aromatic rings. The van der Waals surface area contributed by atoms with Crippen molar-refractivity contribution in [1.82, 2.24) is 10.6 Å². The summed E-state index contributed by atoms with van der Waals surface area (Å²) in [5.41, 5.74) is 1.20. The summed E-state index contributed by atoms with van der Waals surface area (Å²) in [5, 5.41) is 10.6. The maximum absolute atomic E-state index is 11.9. The van der Waals surface area contributed by atoms with E-state index in [1.807, 2.05) is 12.3 Å². The monoisotopic (exact) mass is 266 g/mol. The van der Waals surface area contributed by atoms with E-state index in [0.717, 1.165) is 19.5 Å². The van der Waals surface area contributed by atoms with E-state index in [1.165, 1.54) is 18.4 Å². The average molecular weight is 266 g/mol. The van der Waals surface area contributed by atoms with Gasteiger partial charge in [0.25, 0.3) is 0 Å². The van der Waals surface area contributed by atoms with E-state index in [2.05, 4.69) is 22.1 Å². The van der Waals surface area contributed by atoms with E-state index < -0.39 is 0 Å². The van der Waals surface area contributed by atoms with Crippen LogP contribution in [0.1, 0.15) is 44.2 Å². The van der Waals surface area contributed by atoms with Gasteiger partial charge >= 0.3 is 0 Å². The highest BCUT2D eigenvalue weighted by atomic mass is 32.1. The molecule has 0 bridgehead atoms. The predicted octanol–water partition coefficient (Wildman–Crippen LogP) is 2.71. The Balaban J connectivity index is 1.68. The fourth-order valence-electron chi connectivity index (χ4n) is 2.42. The molecular weight excluding hydrogens is 244 g/mol. The number of amides is 1. The van der Waals surface area contributed by atoms with Crippen LogP contribution < -0.4 is 10.6 Å². The van der Waals surface area contributed by atoms with E-state index in [-0.39, 0.29) is 11.9 Å². The second-order valence-electron chi connectivity index (χ2n) is 5.10. The van der Waals surface area contributed by atoms with Crippen molar-refractivity contribution in [3.63, 3.8) is 0 Å². The highest BCUT2D eigenvalue weighted by Crippen LogP contribution is 2.18. The van der Waals surface area contributed by atoms with Gasteiger partial charge in [-0.2, -0.15) is 11.3 Å². The number of piperidine rings is 1. The van der Waals surface area contributed by atoms with Crippen LogP contribution in [0.3, 0.4) is 0 Å². The lowest BCUT2D eigenvalue weighted by atomic mass is 9.94. The van der Waals surface area contributed by atoms with Crippen molar-refractivity contribution in [2.75, 3.05) is 13.1 Å². The Morgan fingerprint density at radius 2 is 2.56 bits per heavy atom. The molecule has 2 unspecified atom stereocenters. The molecule has 2 heterocycles. The van der Waals surface area contributed by atoms with Crippen LogP contribution in [0.15, 0.2) is 16.8 Å². The van der Waals surface area contributed by atoms with Crippen LogP contribution in [0.4, 0.5) is 0 Å². The second-order valence-corrected chi connectivity index (χ2v) is 5.88. The van der Waals surface area contributed by atoms with Gasteiger partial charge in [0, 0.05) is 6.42 Å². The van der Waals surface area contributed by atoms with Gasteiger partial charge in [-0.1, -0.05) is 0 Å². The fraction of sp³-hybridized carbons (Fsp3) is 0.643. The maximum Gasteiger partial charge on any atom is 0.220 e. The maximum atomic E-state index is 11.9. The van der Waals surface area contributed by atoms with Crippen LogP contribution in [-0.4, -0.2) is 19.0 Å². The predicted molar refractivity (Wildman–Crippen MR) is 75.7 cm³/mol. The van der Waals surface area contributed by atoms with Crippen molar-refractivity contribution in [3.05, 3.63) is 22.4 Å². The van der Waals surface area contributed by atoms with Gasteiger partial charge in [-0.3, -0.25) is 4.79 Å². The van der Waals surface area contributed by atoms with Crippen molar-refractivity contribution in [2.45, 2.75) is 38.6 Å². The Kier molecular flexibility index (Phi) is 5.20. The van der Waals surface area contributed by atoms with Gasteiger partial charge in [0.2, 0.25) is 5.91 Å². The second kappa shape index (κ2) is 6.90. The summed E-state index contributed by atoms with van der Waals surface area (Å²) >= 11 is 1.67. The quantitative estimate of drug-likeness (QED) is 0.860. The molecule has 3 nitrogen and oxygen atoms in total. The molecule has 2 rings (SSSR count). The third kappa shape index (κ3) is 4.10. The molecule has 1 aromatic heterocycles. The standard InChI is InChI=1S/C14H22N2OS/c1-11(13-6-8-18-10-13)16-14(17)5-4-12-3-2-7-15-9-12/h6,8,10-12,15H,2-5,7,9H2,1H3,(H,16,17). The molecule has 2 atom stereocenters. The van der Waals surface area contributed by atoms with Crippen molar-refractivity contribution in [2.24, 2.45) is 5.92 Å². The normalized spacial score (nSPS) is 21.5. The summed E-state index contributed by atoms with van der Waals surface area (Å²) in [6, 6.07) is 2.20. The van der Waals surface area contributed by atoms with E-state index in [0.29, 0.717) is 12.3 Å². The lowest BCUT2D eigenvalue weighted by Crippen LogP contribution is -2.31. The van der Waals surface area contributed by atoms with Gasteiger partial charge in [-0.25, -0.2) is 0 Å². The van der Waals surface area contributed by atoms with E-state index in [1.54, 1.807) is 11.3 Å². The lowest BCUT2D eigenvalue weighted by Gasteiger charge is -2.22. The number of nitrogens with one attached hydrogen (secondary N) is 2. The number of carbonyl (C=O) groups excluding carboxylic acids is 1. The highest BCUT2D eigenvalue weighted by molar-refractivity contribution is 7.07. The Morgan fingerprint density at radius 3 is 3.22 bits per heavy atom. The van der Waals surface area contributed by atoms with Crippen LogP contribution in [0.5, 0.6) is 0 Å². The zero-order chi connectivity index (χ0) is 12.8. The summed E-state index contributed by atoms with van der Waals surface area (Å²) < 4.78 is 0. The highest BCUT2D eigenvalue weighted by Gasteiger charge is 2.15. The number of thiophene rings is 1. The molecule has 1 fully saturated rings. The Labute approximate surface area is 113 Å². The lowest BCUT2D eigenvalue weighted by molar-refractivity contribution is -0.122. The molecule has 0 spiro atoms. The van der Waals surface area contributed by atoms with Gasteiger partial charge in [0.15, 0.2) is 0 Å². The minimum atomic E-state index is 0.133. The molecule has 0 aliphatic carbocycles. The van der Waals surface area contributed by atoms with Gasteiger partial charge < -0.3 is 10.6 Å². The van der Waals surface area contributed by atoms with Gasteiger partial charge in [-0.05, 0) is 67.6 Å². The van der Waals surface area contributed by atoms with Crippen LogP contribution >= 0.6 is 11.3 Å². The van der Waals surface area contributed by atoms with Crippen LogP contribution in [0, 0.1) is 5.92 Å². The van der Waals surface area contributed by atoms with E-state index in [9.17, 15) is 4.79 Å². The van der Waals surface area contributed by atoms with Gasteiger partial charge in [0.1, 0.15) is 0 Å². The van der Waals surface area contributed by atoms with Crippen LogP contribution in [0.25, 0.3) is 0 Å². The summed E-state index contributed by atoms with van der Waals surface area (Å²) in [5.74, 6) is 0.861. The largest absolute Gasteiger partial charge is 0.350 e. The molecule has 1 aliphatic heterocycles. The van der Waals surface area contributed by atoms with Crippen LogP contribution in [0.2, 0.25) is 0 Å². The Hall–Kier alpha value is -0.870. The molecule has 18 heavy (non-hydrogen) atoms. The first-order valence-electron chi connectivity index (χ1n) is 6.78. The van der Waals surface area contributed by atoms with Crippen molar-refractivity contribution in [1.29, 1.82) is 0 Å². The average Bonchev–Trinajstić information content (AvgIpc) is 2.91. The first-order valence-corrected chi connectivity index (χ1v) is 7.72. The number of hydrogen-bond acceptors (Lipinski definition) is 3. The summed E-state index contributed by atoms with van der Waals surface area (Å²) in [6.45, 7) is 4.26. The van der Waals surface area contributed by atoms with Crippen molar-refractivity contribution >= 4 is 17.2 Å². The molecular formula is C14H22N2OS. The number of carbonyl (C=O) groups is 1. The third-order valence-electron chi connectivity index (χ3n) is 3.60. The van der Waals surface area contributed by atoms with E-state index in [4.69, 9.17) is 0 Å². The molecule has 1 aliphatic rings. The summed E-state index contributed by atoms with van der Waals surface area (Å²) in [4.78, 5) is 11.9. The van der Waals surface area contributed by atoms with Gasteiger partial charge in [0.05, 0.1) is 6.04 Å². The third-order valence-corrected chi connectivity index (χ3v) is 4.30. The summed E-state index contributed by atoms with van der Waals surface area (Å²) in [6.07, 6.45) is 4.17. The van der Waals surface area contributed by atoms with E-state index >= 15 is 0 Å². The molecule has 0 radical (unpaired) electrons. The first-order chi connectivity index (χ1) is 8.75. The molecule has 2 N–H and O–H groups in total. The molecule has 4 heteroatoms. The van der Waals surface area contributed by atoms with Gasteiger partial charge in [-0.15, -0.1) is 0 Å². The van der Waals surface area contributed by atoms with Crippen molar-refractivity contribution in [3.8, 4) is 0 Å². The minimum absolute atomic E-state index is 0.133. The van der Waals surface area contributed by atoms with Crippen LogP contribution in [-0.2, 0) is 4.79 Å². The summed E-state index contributed by atoms with van der Waals surface area (Å²) in [7, 11) is 0. The Bertz CT molecular complexity index is 358. The molecule has 0 aromatic carbocycles. The topological polar surface area (TPSA) is 41.1 Å². The molecule has 1 amide bonds. The zero-order valence-electron chi connectivity index (χ0n) is 10.9. The zero-order valence-corrected chi connectivity index (χ0v) is 11.8. The smallest absolute Gasteiger partial charge is 0.220 e. The Morgan fingerprint density at radius 1 is 1.67 bits per heavy atom.